The molecular weight excluding hydrogens is 354 g/mol. The Morgan fingerprint density at radius 1 is 1.30 bits per heavy atom. The van der Waals surface area contributed by atoms with Crippen LogP contribution in [-0.4, -0.2) is 40.5 Å². The molecule has 0 radical (unpaired) electrons. The standard InChI is InChI=1S/C19H22F2N4O2/c1-12(8-25-18(26)27-19(2,3)4)22-9-14-6-5-13(7-16(14)21)17-23-10-15(20)11-24-17/h5-7,9-12H,8H2,1-4H3,(H,25,26)/b22-9+/t12-/m0/s1. The Balaban J connectivity index is 1.96. The fraction of sp³-hybridized carbons (Fsp3) is 0.368. The summed E-state index contributed by atoms with van der Waals surface area (Å²) in [6.07, 6.45) is 2.91. The van der Waals surface area contributed by atoms with Crippen LogP contribution in [-0.2, 0) is 4.74 Å². The maximum absolute atomic E-state index is 14.3. The Kier molecular flexibility index (Phi) is 6.55. The van der Waals surface area contributed by atoms with Gasteiger partial charge in [-0.3, -0.25) is 4.99 Å². The van der Waals surface area contributed by atoms with Crippen LogP contribution in [0.15, 0.2) is 35.6 Å². The van der Waals surface area contributed by atoms with Gasteiger partial charge in [-0.15, -0.1) is 0 Å². The zero-order valence-electron chi connectivity index (χ0n) is 15.7. The first kappa shape index (κ1) is 20.4. The summed E-state index contributed by atoms with van der Waals surface area (Å²) in [7, 11) is 0. The van der Waals surface area contributed by atoms with Gasteiger partial charge in [0.1, 0.15) is 11.4 Å². The molecule has 1 heterocycles. The van der Waals surface area contributed by atoms with Gasteiger partial charge in [0.25, 0.3) is 0 Å². The second kappa shape index (κ2) is 8.66. The van der Waals surface area contributed by atoms with Gasteiger partial charge < -0.3 is 10.1 Å². The molecule has 0 unspecified atom stereocenters. The molecule has 2 rings (SSSR count). The lowest BCUT2D eigenvalue weighted by Crippen LogP contribution is -2.35. The van der Waals surface area contributed by atoms with E-state index in [-0.39, 0.29) is 24.0 Å². The molecule has 144 valence electrons. The summed E-state index contributed by atoms with van der Waals surface area (Å²) < 4.78 is 32.3. The molecule has 0 aliphatic carbocycles. The maximum atomic E-state index is 14.3. The third-order valence-corrected chi connectivity index (χ3v) is 3.29. The number of hydrogen-bond acceptors (Lipinski definition) is 5. The van der Waals surface area contributed by atoms with E-state index in [4.69, 9.17) is 4.74 Å². The number of amides is 1. The van der Waals surface area contributed by atoms with Crippen molar-refractivity contribution in [3.05, 3.63) is 47.8 Å². The van der Waals surface area contributed by atoms with E-state index in [2.05, 4.69) is 20.3 Å². The van der Waals surface area contributed by atoms with Crippen LogP contribution in [0.5, 0.6) is 0 Å². The summed E-state index contributed by atoms with van der Waals surface area (Å²) in [4.78, 5) is 23.5. The highest BCUT2D eigenvalue weighted by atomic mass is 19.1. The van der Waals surface area contributed by atoms with Gasteiger partial charge in [-0.25, -0.2) is 23.5 Å². The van der Waals surface area contributed by atoms with E-state index in [1.807, 2.05) is 0 Å². The predicted octanol–water partition coefficient (Wildman–Crippen LogP) is 3.75. The van der Waals surface area contributed by atoms with Gasteiger partial charge in [0.05, 0.1) is 18.4 Å². The number of benzene rings is 1. The molecule has 0 bridgehead atoms. The summed E-state index contributed by atoms with van der Waals surface area (Å²) in [6.45, 7) is 7.37. The number of nitrogens with zero attached hydrogens (tertiary/aromatic N) is 3. The zero-order valence-corrected chi connectivity index (χ0v) is 15.7. The average molecular weight is 376 g/mol. The van der Waals surface area contributed by atoms with Gasteiger partial charge in [-0.2, -0.15) is 0 Å². The lowest BCUT2D eigenvalue weighted by Gasteiger charge is -2.20. The number of nitrogens with one attached hydrogen (secondary N) is 1. The van der Waals surface area contributed by atoms with Crippen LogP contribution >= 0.6 is 0 Å². The van der Waals surface area contributed by atoms with Crippen LogP contribution in [0.4, 0.5) is 13.6 Å². The molecule has 1 aromatic carbocycles. The topological polar surface area (TPSA) is 76.5 Å². The van der Waals surface area contributed by atoms with Crippen molar-refractivity contribution in [2.75, 3.05) is 6.54 Å². The van der Waals surface area contributed by atoms with Crippen LogP contribution in [0.1, 0.15) is 33.3 Å². The van der Waals surface area contributed by atoms with Gasteiger partial charge in [0.15, 0.2) is 11.6 Å². The fourth-order valence-corrected chi connectivity index (χ4v) is 2.04. The maximum Gasteiger partial charge on any atom is 0.407 e. The summed E-state index contributed by atoms with van der Waals surface area (Å²) in [5.74, 6) is -0.831. The summed E-state index contributed by atoms with van der Waals surface area (Å²) in [5, 5.41) is 2.61. The van der Waals surface area contributed by atoms with Gasteiger partial charge >= 0.3 is 6.09 Å². The molecule has 1 atom stereocenters. The molecule has 0 spiro atoms. The van der Waals surface area contributed by atoms with Crippen molar-refractivity contribution in [2.45, 2.75) is 39.3 Å². The van der Waals surface area contributed by atoms with Crippen molar-refractivity contribution in [1.29, 1.82) is 0 Å². The first-order valence-corrected chi connectivity index (χ1v) is 8.41. The summed E-state index contributed by atoms with van der Waals surface area (Å²) in [5.41, 5.74) is 0.143. The van der Waals surface area contributed by atoms with Crippen molar-refractivity contribution >= 4 is 12.3 Å². The monoisotopic (exact) mass is 376 g/mol. The first-order chi connectivity index (χ1) is 12.6. The Morgan fingerprint density at radius 2 is 1.96 bits per heavy atom. The Bertz CT molecular complexity index is 817. The molecule has 27 heavy (non-hydrogen) atoms. The molecule has 0 aliphatic heterocycles. The van der Waals surface area contributed by atoms with E-state index >= 15 is 0 Å². The molecule has 8 heteroatoms. The highest BCUT2D eigenvalue weighted by molar-refractivity contribution is 5.81. The highest BCUT2D eigenvalue weighted by Gasteiger charge is 2.16. The molecular formula is C19H22F2N4O2. The highest BCUT2D eigenvalue weighted by Crippen LogP contribution is 2.17. The minimum Gasteiger partial charge on any atom is -0.444 e. The van der Waals surface area contributed by atoms with Gasteiger partial charge in [0.2, 0.25) is 0 Å². The third-order valence-electron chi connectivity index (χ3n) is 3.29. The molecule has 1 N–H and O–H groups in total. The van der Waals surface area contributed by atoms with Crippen LogP contribution in [0.3, 0.4) is 0 Å². The number of carbonyl (C=O) groups excluding carboxylic acids is 1. The van der Waals surface area contributed by atoms with Gasteiger partial charge in [-0.1, -0.05) is 6.07 Å². The van der Waals surface area contributed by atoms with E-state index in [9.17, 15) is 13.6 Å². The second-order valence-corrected chi connectivity index (χ2v) is 6.97. The van der Waals surface area contributed by atoms with Crippen LogP contribution in [0.2, 0.25) is 0 Å². The number of ether oxygens (including phenoxy) is 1. The SMILES string of the molecule is C[C@@H](CNC(=O)OC(C)(C)C)/N=C/c1ccc(-c2ncc(F)cn2)cc1F. The van der Waals surface area contributed by atoms with Gasteiger partial charge in [-0.05, 0) is 39.8 Å². The molecule has 1 amide bonds. The number of carbonyl (C=O) groups is 1. The number of aromatic nitrogens is 2. The number of rotatable bonds is 5. The molecule has 2 aromatic rings. The molecule has 0 saturated heterocycles. The molecule has 0 fully saturated rings. The predicted molar refractivity (Wildman–Crippen MR) is 98.7 cm³/mol. The van der Waals surface area contributed by atoms with Crippen LogP contribution < -0.4 is 5.32 Å². The Morgan fingerprint density at radius 3 is 2.56 bits per heavy atom. The largest absolute Gasteiger partial charge is 0.444 e. The normalized spacial score (nSPS) is 12.8. The molecule has 1 aromatic heterocycles. The molecule has 0 aliphatic rings. The molecule has 6 nitrogen and oxygen atoms in total. The van der Waals surface area contributed by atoms with E-state index in [0.29, 0.717) is 5.56 Å². The van der Waals surface area contributed by atoms with Crippen molar-refractivity contribution in [1.82, 2.24) is 15.3 Å². The second-order valence-electron chi connectivity index (χ2n) is 6.97. The zero-order chi connectivity index (χ0) is 20.0. The molecule has 0 saturated carbocycles. The minimum atomic E-state index is -0.574. The van der Waals surface area contributed by atoms with Crippen molar-refractivity contribution in [3.8, 4) is 11.4 Å². The lowest BCUT2D eigenvalue weighted by atomic mass is 10.1. The van der Waals surface area contributed by atoms with Crippen LogP contribution in [0, 0.1) is 11.6 Å². The van der Waals surface area contributed by atoms with E-state index in [0.717, 1.165) is 12.4 Å². The van der Waals surface area contributed by atoms with E-state index < -0.39 is 23.3 Å². The van der Waals surface area contributed by atoms with E-state index in [1.165, 1.54) is 18.3 Å². The minimum absolute atomic E-state index is 0.230. The van der Waals surface area contributed by atoms with E-state index in [1.54, 1.807) is 33.8 Å². The first-order valence-electron chi connectivity index (χ1n) is 8.41. The van der Waals surface area contributed by atoms with Gasteiger partial charge in [0, 0.05) is 23.9 Å². The van der Waals surface area contributed by atoms with Crippen LogP contribution in [0.25, 0.3) is 11.4 Å². The quantitative estimate of drug-likeness (QED) is 0.806. The summed E-state index contributed by atoms with van der Waals surface area (Å²) in [6, 6.07) is 4.16. The van der Waals surface area contributed by atoms with Crippen molar-refractivity contribution < 1.29 is 18.3 Å². The van der Waals surface area contributed by atoms with Crippen molar-refractivity contribution in [2.24, 2.45) is 4.99 Å². The average Bonchev–Trinajstić information content (AvgIpc) is 2.58. The lowest BCUT2D eigenvalue weighted by molar-refractivity contribution is 0.0525. The van der Waals surface area contributed by atoms with Crippen molar-refractivity contribution in [3.63, 3.8) is 0 Å². The number of aliphatic imine (C=N–C) groups is 1. The fourth-order valence-electron chi connectivity index (χ4n) is 2.04. The Hall–Kier alpha value is -2.90. The summed E-state index contributed by atoms with van der Waals surface area (Å²) >= 11 is 0. The Labute approximate surface area is 156 Å². The third kappa shape index (κ3) is 6.73. The smallest absolute Gasteiger partial charge is 0.407 e. The number of hydrogen-bond donors (Lipinski definition) is 1. The number of halogens is 2. The number of alkyl carbamates (subject to hydrolysis) is 1.